The monoisotopic (exact) mass is 280 g/mol. The molecule has 0 bridgehead atoms. The van der Waals surface area contributed by atoms with E-state index in [4.69, 9.17) is 12.2 Å². The summed E-state index contributed by atoms with van der Waals surface area (Å²) in [5, 5.41) is 5.12. The van der Waals surface area contributed by atoms with Crippen molar-refractivity contribution >= 4 is 30.1 Å². The standard InChI is InChI=1S/C13H16N4O.ClH/c1-4-8-15-12(14)17-13(18)16-11-9(2)6-5-7-10(11)3;/h1,5-7H,8H2,2-3H3,(H4,14,15,16,17,18);1H. The number of amides is 2. The van der Waals surface area contributed by atoms with E-state index in [0.29, 0.717) is 0 Å². The number of anilines is 1. The first-order chi connectivity index (χ1) is 8.54. The number of hydrogen-bond acceptors (Lipinski definition) is 2. The number of rotatable bonds is 2. The van der Waals surface area contributed by atoms with Crippen molar-refractivity contribution < 1.29 is 4.79 Å². The third-order valence-electron chi connectivity index (χ3n) is 2.30. The van der Waals surface area contributed by atoms with Crippen molar-refractivity contribution in [3.63, 3.8) is 0 Å². The number of hydrogen-bond donors (Lipinski definition) is 3. The molecular formula is C13H17ClN4O. The molecule has 0 heterocycles. The summed E-state index contributed by atoms with van der Waals surface area (Å²) in [6.07, 6.45) is 5.03. The van der Waals surface area contributed by atoms with Gasteiger partial charge in [-0.25, -0.2) is 9.79 Å². The van der Waals surface area contributed by atoms with Crippen LogP contribution in [0.5, 0.6) is 0 Å². The molecule has 0 spiro atoms. The zero-order chi connectivity index (χ0) is 13.5. The lowest BCUT2D eigenvalue weighted by Crippen LogP contribution is -2.39. The van der Waals surface area contributed by atoms with E-state index in [1.807, 2.05) is 32.0 Å². The van der Waals surface area contributed by atoms with Gasteiger partial charge in [-0.05, 0) is 25.0 Å². The molecule has 0 atom stereocenters. The van der Waals surface area contributed by atoms with E-state index in [2.05, 4.69) is 21.5 Å². The van der Waals surface area contributed by atoms with E-state index in [9.17, 15) is 4.79 Å². The predicted octanol–water partition coefficient (Wildman–Crippen LogP) is 1.79. The Morgan fingerprint density at radius 1 is 1.42 bits per heavy atom. The molecule has 0 aliphatic rings. The SMILES string of the molecule is C#CCN=C(N)NC(=O)Nc1c(C)cccc1C.Cl. The first-order valence-corrected chi connectivity index (χ1v) is 5.42. The molecule has 0 unspecified atom stereocenters. The summed E-state index contributed by atoms with van der Waals surface area (Å²) in [7, 11) is 0. The summed E-state index contributed by atoms with van der Waals surface area (Å²) >= 11 is 0. The first kappa shape index (κ1) is 16.8. The van der Waals surface area contributed by atoms with Gasteiger partial charge in [0.1, 0.15) is 6.54 Å². The van der Waals surface area contributed by atoms with Crippen molar-refractivity contribution in [2.45, 2.75) is 13.8 Å². The second kappa shape index (κ2) is 8.01. The largest absolute Gasteiger partial charge is 0.370 e. The van der Waals surface area contributed by atoms with Gasteiger partial charge in [-0.3, -0.25) is 5.32 Å². The van der Waals surface area contributed by atoms with Crippen LogP contribution >= 0.6 is 12.4 Å². The van der Waals surface area contributed by atoms with Crippen LogP contribution in [0.3, 0.4) is 0 Å². The number of carbonyl (C=O) groups is 1. The van der Waals surface area contributed by atoms with Crippen molar-refractivity contribution in [2.24, 2.45) is 10.7 Å². The lowest BCUT2D eigenvalue weighted by molar-refractivity contribution is 0.256. The summed E-state index contributed by atoms with van der Waals surface area (Å²) in [4.78, 5) is 15.4. The lowest BCUT2D eigenvalue weighted by atomic mass is 10.1. The maximum atomic E-state index is 11.7. The van der Waals surface area contributed by atoms with Crippen molar-refractivity contribution in [3.8, 4) is 12.3 Å². The van der Waals surface area contributed by atoms with Gasteiger partial charge >= 0.3 is 6.03 Å². The fourth-order valence-electron chi connectivity index (χ4n) is 1.44. The molecule has 0 radical (unpaired) electrons. The molecule has 19 heavy (non-hydrogen) atoms. The fourth-order valence-corrected chi connectivity index (χ4v) is 1.44. The van der Waals surface area contributed by atoms with Gasteiger partial charge in [0, 0.05) is 5.69 Å². The summed E-state index contributed by atoms with van der Waals surface area (Å²) in [6.45, 7) is 3.96. The van der Waals surface area contributed by atoms with E-state index in [1.54, 1.807) is 0 Å². The molecule has 0 aromatic heterocycles. The molecule has 5 nitrogen and oxygen atoms in total. The Labute approximate surface area is 119 Å². The Morgan fingerprint density at radius 2 is 2.00 bits per heavy atom. The van der Waals surface area contributed by atoms with Crippen LogP contribution in [0.15, 0.2) is 23.2 Å². The van der Waals surface area contributed by atoms with Crippen molar-refractivity contribution in [1.29, 1.82) is 0 Å². The third-order valence-corrected chi connectivity index (χ3v) is 2.30. The second-order valence-electron chi connectivity index (χ2n) is 3.75. The average molecular weight is 281 g/mol. The van der Waals surface area contributed by atoms with Crippen LogP contribution in [-0.4, -0.2) is 18.5 Å². The van der Waals surface area contributed by atoms with Gasteiger partial charge in [0.25, 0.3) is 0 Å². The predicted molar refractivity (Wildman–Crippen MR) is 80.6 cm³/mol. The normalized spacial score (nSPS) is 10.1. The van der Waals surface area contributed by atoms with Crippen LogP contribution in [0.25, 0.3) is 0 Å². The van der Waals surface area contributed by atoms with Gasteiger partial charge in [-0.15, -0.1) is 18.8 Å². The van der Waals surface area contributed by atoms with Crippen molar-refractivity contribution in [2.75, 3.05) is 11.9 Å². The molecule has 0 fully saturated rings. The molecule has 4 N–H and O–H groups in total. The number of urea groups is 1. The van der Waals surface area contributed by atoms with Crippen molar-refractivity contribution in [1.82, 2.24) is 5.32 Å². The van der Waals surface area contributed by atoms with Crippen molar-refractivity contribution in [3.05, 3.63) is 29.3 Å². The lowest BCUT2D eigenvalue weighted by Gasteiger charge is -2.11. The van der Waals surface area contributed by atoms with Crippen LogP contribution in [0.4, 0.5) is 10.5 Å². The Kier molecular flexibility index (Phi) is 7.08. The number of aliphatic imine (C=N–C) groups is 1. The number of benzene rings is 1. The maximum absolute atomic E-state index is 11.7. The van der Waals surface area contributed by atoms with E-state index in [1.165, 1.54) is 0 Å². The number of aryl methyl sites for hydroxylation is 2. The van der Waals surface area contributed by atoms with Gasteiger partial charge in [0.15, 0.2) is 5.96 Å². The Bertz CT molecular complexity index is 500. The maximum Gasteiger partial charge on any atom is 0.326 e. The first-order valence-electron chi connectivity index (χ1n) is 5.42. The number of carbonyl (C=O) groups excluding carboxylic acids is 1. The summed E-state index contributed by atoms with van der Waals surface area (Å²) in [5.41, 5.74) is 8.19. The van der Waals surface area contributed by atoms with Gasteiger partial charge in [0.05, 0.1) is 0 Å². The number of guanidine groups is 1. The summed E-state index contributed by atoms with van der Waals surface area (Å²) in [6, 6.07) is 5.32. The van der Waals surface area contributed by atoms with Crippen LogP contribution in [0.2, 0.25) is 0 Å². The molecule has 6 heteroatoms. The summed E-state index contributed by atoms with van der Waals surface area (Å²) < 4.78 is 0. The minimum atomic E-state index is -0.439. The minimum Gasteiger partial charge on any atom is -0.370 e. The van der Waals surface area contributed by atoms with Gasteiger partial charge < -0.3 is 11.1 Å². The highest BCUT2D eigenvalue weighted by molar-refractivity contribution is 6.02. The number of halogens is 1. The smallest absolute Gasteiger partial charge is 0.326 e. The summed E-state index contributed by atoms with van der Waals surface area (Å²) in [5.74, 6) is 2.30. The highest BCUT2D eigenvalue weighted by atomic mass is 35.5. The van der Waals surface area contributed by atoms with Crippen LogP contribution in [0, 0.1) is 26.2 Å². The number of para-hydroxylation sites is 1. The number of nitrogens with two attached hydrogens (primary N) is 1. The Morgan fingerprint density at radius 3 is 2.53 bits per heavy atom. The van der Waals surface area contributed by atoms with Gasteiger partial charge in [-0.1, -0.05) is 24.1 Å². The molecule has 1 rings (SSSR count). The van der Waals surface area contributed by atoms with E-state index < -0.39 is 6.03 Å². The highest BCUT2D eigenvalue weighted by Crippen LogP contribution is 2.18. The molecule has 0 saturated heterocycles. The van der Waals surface area contributed by atoms with E-state index >= 15 is 0 Å². The second-order valence-corrected chi connectivity index (χ2v) is 3.75. The average Bonchev–Trinajstić information content (AvgIpc) is 2.31. The third kappa shape index (κ3) is 5.32. The zero-order valence-corrected chi connectivity index (χ0v) is 11.7. The van der Waals surface area contributed by atoms with Gasteiger partial charge in [-0.2, -0.15) is 0 Å². The number of nitrogens with one attached hydrogen (secondary N) is 2. The molecule has 0 aliphatic heterocycles. The zero-order valence-electron chi connectivity index (χ0n) is 10.9. The molecule has 1 aromatic rings. The molecule has 1 aromatic carbocycles. The quantitative estimate of drug-likeness (QED) is 0.439. The van der Waals surface area contributed by atoms with Crippen LogP contribution in [0.1, 0.15) is 11.1 Å². The van der Waals surface area contributed by atoms with Crippen LogP contribution in [-0.2, 0) is 0 Å². The Hall–Kier alpha value is -2.19. The molecule has 2 amide bonds. The molecule has 0 aliphatic carbocycles. The number of terminal acetylenes is 1. The molecular weight excluding hydrogens is 264 g/mol. The molecule has 0 saturated carbocycles. The highest BCUT2D eigenvalue weighted by Gasteiger charge is 2.07. The van der Waals surface area contributed by atoms with E-state index in [-0.39, 0.29) is 24.9 Å². The number of nitrogens with zero attached hydrogens (tertiary/aromatic N) is 1. The fraction of sp³-hybridized carbons (Fsp3) is 0.231. The minimum absolute atomic E-state index is 0. The molecule has 102 valence electrons. The topological polar surface area (TPSA) is 79.5 Å². The van der Waals surface area contributed by atoms with Gasteiger partial charge in [0.2, 0.25) is 0 Å². The van der Waals surface area contributed by atoms with E-state index in [0.717, 1.165) is 16.8 Å². The Balaban J connectivity index is 0.00000324. The van der Waals surface area contributed by atoms with Crippen LogP contribution < -0.4 is 16.4 Å².